The van der Waals surface area contributed by atoms with E-state index in [9.17, 15) is 13.2 Å². The van der Waals surface area contributed by atoms with Crippen LogP contribution in [0.2, 0.25) is 0 Å². The van der Waals surface area contributed by atoms with Gasteiger partial charge in [0.15, 0.2) is 0 Å². The molecule has 0 aliphatic carbocycles. The summed E-state index contributed by atoms with van der Waals surface area (Å²) in [6, 6.07) is 5.45. The van der Waals surface area contributed by atoms with Crippen molar-refractivity contribution in [2.45, 2.75) is 32.7 Å². The third-order valence-electron chi connectivity index (χ3n) is 3.77. The lowest BCUT2D eigenvalue weighted by atomic mass is 10.1. The lowest BCUT2D eigenvalue weighted by Gasteiger charge is -2.22. The number of nitrogens with zero attached hydrogens (tertiary/aromatic N) is 1. The van der Waals surface area contributed by atoms with E-state index in [0.717, 1.165) is 37.2 Å². The number of nitrogens with one attached hydrogen (secondary N) is 1. The summed E-state index contributed by atoms with van der Waals surface area (Å²) in [4.78, 5) is 14.8. The lowest BCUT2D eigenvalue weighted by molar-refractivity contribution is 0.0944. The van der Waals surface area contributed by atoms with Crippen LogP contribution >= 0.6 is 0 Å². The molecule has 1 atom stereocenters. The number of sulfone groups is 1. The largest absolute Gasteiger partial charge is 0.371 e. The molecule has 5 nitrogen and oxygen atoms in total. The summed E-state index contributed by atoms with van der Waals surface area (Å²) in [7, 11) is -3.11. The van der Waals surface area contributed by atoms with Gasteiger partial charge in [-0.15, -0.1) is 0 Å². The van der Waals surface area contributed by atoms with E-state index in [-0.39, 0.29) is 11.7 Å². The van der Waals surface area contributed by atoms with Crippen molar-refractivity contribution >= 4 is 21.4 Å². The molecule has 1 aromatic rings. The summed E-state index contributed by atoms with van der Waals surface area (Å²) >= 11 is 0. The number of aryl methyl sites for hydroxylation is 1. The Hall–Kier alpha value is -1.56. The van der Waals surface area contributed by atoms with E-state index in [1.54, 1.807) is 6.92 Å². The van der Waals surface area contributed by atoms with Crippen molar-refractivity contribution < 1.29 is 13.2 Å². The molecular formula is C16H24N2O3S. The molecule has 6 heteroatoms. The minimum absolute atomic E-state index is 0.0520. The van der Waals surface area contributed by atoms with Crippen molar-refractivity contribution in [2.24, 2.45) is 0 Å². The van der Waals surface area contributed by atoms with E-state index >= 15 is 0 Å². The highest BCUT2D eigenvalue weighted by Gasteiger charge is 2.21. The highest BCUT2D eigenvalue weighted by Crippen LogP contribution is 2.25. The number of hydrogen-bond donors (Lipinski definition) is 1. The summed E-state index contributed by atoms with van der Waals surface area (Å²) < 4.78 is 22.7. The Bertz CT molecular complexity index is 649. The van der Waals surface area contributed by atoms with Crippen LogP contribution in [-0.4, -0.2) is 45.5 Å². The highest BCUT2D eigenvalue weighted by molar-refractivity contribution is 7.90. The first kappa shape index (κ1) is 16.8. The molecule has 122 valence electrons. The fourth-order valence-electron chi connectivity index (χ4n) is 2.86. The molecule has 0 saturated carbocycles. The molecule has 1 aliphatic heterocycles. The molecule has 0 spiro atoms. The van der Waals surface area contributed by atoms with Crippen LogP contribution in [0.4, 0.5) is 5.69 Å². The SMILES string of the molecule is Cc1ccc(N2CCCC2)c(C(=O)N[C@H](C)CS(C)(=O)=O)c1. The topological polar surface area (TPSA) is 66.5 Å². The first-order valence-electron chi connectivity index (χ1n) is 7.60. The molecule has 1 heterocycles. The molecule has 1 amide bonds. The van der Waals surface area contributed by atoms with Crippen molar-refractivity contribution in [2.75, 3.05) is 30.0 Å². The second-order valence-electron chi connectivity index (χ2n) is 6.18. The molecule has 22 heavy (non-hydrogen) atoms. The minimum atomic E-state index is -3.11. The van der Waals surface area contributed by atoms with Crippen molar-refractivity contribution in [1.82, 2.24) is 5.32 Å². The average Bonchev–Trinajstić information content (AvgIpc) is 2.89. The van der Waals surface area contributed by atoms with Gasteiger partial charge in [0.25, 0.3) is 5.91 Å². The van der Waals surface area contributed by atoms with Gasteiger partial charge in [0.2, 0.25) is 0 Å². The van der Waals surface area contributed by atoms with Crippen molar-refractivity contribution in [3.63, 3.8) is 0 Å². The van der Waals surface area contributed by atoms with Crippen LogP contribution in [-0.2, 0) is 9.84 Å². The summed E-state index contributed by atoms with van der Waals surface area (Å²) in [6.07, 6.45) is 3.46. The fourth-order valence-corrected chi connectivity index (χ4v) is 3.85. The van der Waals surface area contributed by atoms with Crippen molar-refractivity contribution in [3.05, 3.63) is 29.3 Å². The van der Waals surface area contributed by atoms with Crippen LogP contribution in [0.25, 0.3) is 0 Å². The third kappa shape index (κ3) is 4.47. The Kier molecular flexibility index (Phi) is 5.11. The molecular weight excluding hydrogens is 300 g/mol. The smallest absolute Gasteiger partial charge is 0.253 e. The predicted octanol–water partition coefficient (Wildman–Crippen LogP) is 1.76. The summed E-state index contributed by atoms with van der Waals surface area (Å²) in [5.74, 6) is -0.259. The number of benzene rings is 1. The quantitative estimate of drug-likeness (QED) is 0.896. The maximum absolute atomic E-state index is 12.5. The van der Waals surface area contributed by atoms with Gasteiger partial charge in [0, 0.05) is 31.1 Å². The maximum Gasteiger partial charge on any atom is 0.253 e. The number of anilines is 1. The summed E-state index contributed by atoms with van der Waals surface area (Å²) in [5.41, 5.74) is 2.58. The van der Waals surface area contributed by atoms with Gasteiger partial charge in [-0.05, 0) is 38.8 Å². The van der Waals surface area contributed by atoms with E-state index < -0.39 is 15.9 Å². The lowest BCUT2D eigenvalue weighted by Crippen LogP contribution is -2.38. The van der Waals surface area contributed by atoms with Crippen LogP contribution in [0.15, 0.2) is 18.2 Å². The summed E-state index contributed by atoms with van der Waals surface area (Å²) in [5, 5.41) is 2.80. The predicted molar refractivity (Wildman–Crippen MR) is 89.3 cm³/mol. The van der Waals surface area contributed by atoms with Gasteiger partial charge in [-0.1, -0.05) is 11.6 Å². The van der Waals surface area contributed by atoms with Crippen LogP contribution < -0.4 is 10.2 Å². The second kappa shape index (κ2) is 6.69. The molecule has 0 radical (unpaired) electrons. The number of amides is 1. The third-order valence-corrected chi connectivity index (χ3v) is 4.88. The standard InChI is InChI=1S/C16H24N2O3S/c1-12-6-7-15(18-8-4-5-9-18)14(10-12)16(19)17-13(2)11-22(3,20)21/h6-7,10,13H,4-5,8-9,11H2,1-3H3,(H,17,19)/t13-/m1/s1. The van der Waals surface area contributed by atoms with E-state index in [1.165, 1.54) is 6.26 Å². The van der Waals surface area contributed by atoms with Crippen molar-refractivity contribution in [1.29, 1.82) is 0 Å². The Morgan fingerprint density at radius 3 is 2.55 bits per heavy atom. The average molecular weight is 324 g/mol. The Morgan fingerprint density at radius 2 is 1.95 bits per heavy atom. The van der Waals surface area contributed by atoms with Gasteiger partial charge in [0.1, 0.15) is 9.84 Å². The molecule has 0 aromatic heterocycles. The Balaban J connectivity index is 2.19. The molecule has 1 saturated heterocycles. The molecule has 2 rings (SSSR count). The van der Waals surface area contributed by atoms with Crippen LogP contribution in [0.1, 0.15) is 35.7 Å². The van der Waals surface area contributed by atoms with Gasteiger partial charge in [0.05, 0.1) is 11.3 Å². The van der Waals surface area contributed by atoms with Gasteiger partial charge in [-0.3, -0.25) is 4.79 Å². The van der Waals surface area contributed by atoms with Gasteiger partial charge >= 0.3 is 0 Å². The van der Waals surface area contributed by atoms with Gasteiger partial charge < -0.3 is 10.2 Å². The molecule has 0 bridgehead atoms. The van der Waals surface area contributed by atoms with E-state index in [4.69, 9.17) is 0 Å². The van der Waals surface area contributed by atoms with Crippen LogP contribution in [0, 0.1) is 6.92 Å². The van der Waals surface area contributed by atoms with Gasteiger partial charge in [-0.2, -0.15) is 0 Å². The molecule has 1 N–H and O–H groups in total. The Morgan fingerprint density at radius 1 is 1.32 bits per heavy atom. The van der Waals surface area contributed by atoms with E-state index in [2.05, 4.69) is 10.2 Å². The summed E-state index contributed by atoms with van der Waals surface area (Å²) in [6.45, 7) is 5.58. The molecule has 1 aromatic carbocycles. The molecule has 0 unspecified atom stereocenters. The zero-order valence-corrected chi connectivity index (χ0v) is 14.2. The molecule has 1 aliphatic rings. The zero-order valence-electron chi connectivity index (χ0n) is 13.4. The monoisotopic (exact) mass is 324 g/mol. The van der Waals surface area contributed by atoms with Crippen molar-refractivity contribution in [3.8, 4) is 0 Å². The zero-order chi connectivity index (χ0) is 16.3. The number of carbonyl (C=O) groups is 1. The normalized spacial score (nSPS) is 16.6. The number of rotatable bonds is 5. The first-order valence-corrected chi connectivity index (χ1v) is 9.66. The highest BCUT2D eigenvalue weighted by atomic mass is 32.2. The van der Waals surface area contributed by atoms with E-state index in [1.807, 2.05) is 25.1 Å². The van der Waals surface area contributed by atoms with E-state index in [0.29, 0.717) is 5.56 Å². The first-order chi connectivity index (χ1) is 10.3. The maximum atomic E-state index is 12.5. The van der Waals surface area contributed by atoms with Gasteiger partial charge in [-0.25, -0.2) is 8.42 Å². The second-order valence-corrected chi connectivity index (χ2v) is 8.37. The minimum Gasteiger partial charge on any atom is -0.371 e. The fraction of sp³-hybridized carbons (Fsp3) is 0.562. The van der Waals surface area contributed by atoms with Crippen LogP contribution in [0.3, 0.4) is 0 Å². The number of hydrogen-bond acceptors (Lipinski definition) is 4. The molecule has 1 fully saturated rings. The Labute approximate surface area is 132 Å². The number of carbonyl (C=O) groups excluding carboxylic acids is 1. The van der Waals surface area contributed by atoms with Crippen LogP contribution in [0.5, 0.6) is 0 Å².